The molecule has 0 aromatic rings. The Kier molecular flexibility index (Phi) is 9.44. The summed E-state index contributed by atoms with van der Waals surface area (Å²) in [5, 5.41) is 19.6. The molecule has 0 fully saturated rings. The molecule has 0 aromatic carbocycles. The molecule has 0 heterocycles. The van der Waals surface area contributed by atoms with Gasteiger partial charge in [0, 0.05) is 20.6 Å². The Morgan fingerprint density at radius 3 is 2.15 bits per heavy atom. The smallest absolute Gasteiger partial charge is 0.146 e. The van der Waals surface area contributed by atoms with Crippen LogP contribution < -0.4 is 0 Å². The highest BCUT2D eigenvalue weighted by molar-refractivity contribution is 4.65. The predicted octanol–water partition coefficient (Wildman–Crippen LogP) is 3.25. The SMILES string of the molecule is [2H]C([2H])([2H])C([2H])([2H])[C@H](O)[C@H](O)CCCCCCCCCCOCOC. The summed E-state index contributed by atoms with van der Waals surface area (Å²) in [7, 11) is 1.60. The maximum absolute atomic E-state index is 9.82. The molecule has 20 heavy (non-hydrogen) atoms. The van der Waals surface area contributed by atoms with Gasteiger partial charge >= 0.3 is 0 Å². The quantitative estimate of drug-likeness (QED) is 0.360. The van der Waals surface area contributed by atoms with Gasteiger partial charge in [0.25, 0.3) is 0 Å². The van der Waals surface area contributed by atoms with Gasteiger partial charge in [0.15, 0.2) is 0 Å². The van der Waals surface area contributed by atoms with Crippen molar-refractivity contribution in [3.05, 3.63) is 0 Å². The first-order valence-electron chi connectivity index (χ1n) is 10.1. The zero-order valence-electron chi connectivity index (χ0n) is 17.6. The Morgan fingerprint density at radius 2 is 1.55 bits per heavy atom. The number of rotatable bonds is 15. The Labute approximate surface area is 131 Å². The highest BCUT2D eigenvalue weighted by Gasteiger charge is 2.12. The normalized spacial score (nSPS) is 19.4. The van der Waals surface area contributed by atoms with E-state index in [1.54, 1.807) is 7.11 Å². The molecule has 0 saturated carbocycles. The summed E-state index contributed by atoms with van der Waals surface area (Å²) in [5.74, 6) is 0. The van der Waals surface area contributed by atoms with Crippen LogP contribution >= 0.6 is 0 Å². The summed E-state index contributed by atoms with van der Waals surface area (Å²) in [5.41, 5.74) is 0. The third-order valence-corrected chi connectivity index (χ3v) is 3.25. The number of aliphatic hydroxyl groups is 2. The van der Waals surface area contributed by atoms with Crippen LogP contribution in [0.4, 0.5) is 0 Å². The largest absolute Gasteiger partial charge is 0.390 e. The molecule has 0 saturated heterocycles. The van der Waals surface area contributed by atoms with Gasteiger partial charge in [0.1, 0.15) is 6.79 Å². The minimum atomic E-state index is -2.96. The van der Waals surface area contributed by atoms with Crippen LogP contribution in [0.15, 0.2) is 0 Å². The van der Waals surface area contributed by atoms with E-state index < -0.39 is 25.4 Å². The second-order valence-electron chi connectivity index (χ2n) is 5.09. The summed E-state index contributed by atoms with van der Waals surface area (Å²) in [6.07, 6.45) is 2.18. The van der Waals surface area contributed by atoms with Crippen LogP contribution in [0, 0.1) is 0 Å². The van der Waals surface area contributed by atoms with Crippen LogP contribution in [0.2, 0.25) is 0 Å². The van der Waals surface area contributed by atoms with Crippen LogP contribution in [0.1, 0.15) is 77.9 Å². The molecule has 0 aromatic heterocycles. The lowest BCUT2D eigenvalue weighted by atomic mass is 10.0. The Balaban J connectivity index is 3.62. The maximum atomic E-state index is 9.82. The molecule has 0 rings (SSSR count). The summed E-state index contributed by atoms with van der Waals surface area (Å²) in [6.45, 7) is -1.89. The zero-order chi connectivity index (χ0) is 19.3. The molecule has 0 bridgehead atoms. The van der Waals surface area contributed by atoms with Gasteiger partial charge in [-0.1, -0.05) is 51.8 Å². The minimum Gasteiger partial charge on any atom is -0.390 e. The van der Waals surface area contributed by atoms with Crippen molar-refractivity contribution in [2.45, 2.75) is 83.2 Å². The van der Waals surface area contributed by atoms with Gasteiger partial charge in [-0.2, -0.15) is 0 Å². The molecule has 0 aliphatic heterocycles. The second kappa shape index (κ2) is 15.2. The Bertz CT molecular complexity index is 326. The molecule has 0 unspecified atom stereocenters. The molecule has 0 aliphatic rings. The van der Waals surface area contributed by atoms with Crippen molar-refractivity contribution >= 4 is 0 Å². The Morgan fingerprint density at radius 1 is 0.950 bits per heavy atom. The van der Waals surface area contributed by atoms with E-state index in [1.807, 2.05) is 0 Å². The van der Waals surface area contributed by atoms with Crippen LogP contribution in [0.3, 0.4) is 0 Å². The molecule has 4 heteroatoms. The van der Waals surface area contributed by atoms with Crippen LogP contribution in [-0.4, -0.2) is 42.9 Å². The van der Waals surface area contributed by atoms with Crippen LogP contribution in [0.25, 0.3) is 0 Å². The monoisotopic (exact) mass is 295 g/mol. The van der Waals surface area contributed by atoms with Gasteiger partial charge in [-0.15, -0.1) is 0 Å². The molecule has 2 atom stereocenters. The molecule has 4 nitrogen and oxygen atoms in total. The molecule has 0 radical (unpaired) electrons. The van der Waals surface area contributed by atoms with E-state index in [-0.39, 0.29) is 6.42 Å². The number of hydrogen-bond donors (Lipinski definition) is 2. The van der Waals surface area contributed by atoms with Gasteiger partial charge in [0.2, 0.25) is 0 Å². The lowest BCUT2D eigenvalue weighted by molar-refractivity contribution is -0.0315. The van der Waals surface area contributed by atoms with Gasteiger partial charge in [0.05, 0.1) is 12.2 Å². The van der Waals surface area contributed by atoms with Crippen molar-refractivity contribution in [1.29, 1.82) is 0 Å². The second-order valence-corrected chi connectivity index (χ2v) is 5.09. The number of methoxy groups -OCH3 is 1. The highest BCUT2D eigenvalue weighted by Crippen LogP contribution is 2.12. The molecule has 2 N–H and O–H groups in total. The lowest BCUT2D eigenvalue weighted by Crippen LogP contribution is -2.24. The number of aliphatic hydroxyl groups excluding tert-OH is 2. The van der Waals surface area contributed by atoms with E-state index in [1.165, 1.54) is 0 Å². The third-order valence-electron chi connectivity index (χ3n) is 3.25. The van der Waals surface area contributed by atoms with Crippen LogP contribution in [-0.2, 0) is 9.47 Å². The van der Waals surface area contributed by atoms with Crippen LogP contribution in [0.5, 0.6) is 0 Å². The fourth-order valence-electron chi connectivity index (χ4n) is 2.01. The summed E-state index contributed by atoms with van der Waals surface area (Å²) >= 11 is 0. The first-order chi connectivity index (χ1) is 11.6. The fraction of sp³-hybridized carbons (Fsp3) is 1.00. The van der Waals surface area contributed by atoms with Crippen molar-refractivity contribution in [1.82, 2.24) is 0 Å². The number of hydrogen-bond acceptors (Lipinski definition) is 4. The van der Waals surface area contributed by atoms with E-state index in [0.717, 1.165) is 51.6 Å². The van der Waals surface area contributed by atoms with Crippen molar-refractivity contribution in [3.8, 4) is 0 Å². The number of unbranched alkanes of at least 4 members (excludes halogenated alkanes) is 7. The van der Waals surface area contributed by atoms with E-state index in [2.05, 4.69) is 0 Å². The van der Waals surface area contributed by atoms with Gasteiger partial charge in [-0.3, -0.25) is 0 Å². The first kappa shape index (κ1) is 12.4. The fourth-order valence-corrected chi connectivity index (χ4v) is 2.01. The van der Waals surface area contributed by atoms with Crippen molar-refractivity contribution in [2.75, 3.05) is 20.5 Å². The zero-order valence-corrected chi connectivity index (χ0v) is 12.6. The molecular weight excluding hydrogens is 256 g/mol. The van der Waals surface area contributed by atoms with Crippen molar-refractivity contribution in [3.63, 3.8) is 0 Å². The first-order valence-corrected chi connectivity index (χ1v) is 7.57. The minimum absolute atomic E-state index is 0.202. The van der Waals surface area contributed by atoms with Gasteiger partial charge in [-0.25, -0.2) is 0 Å². The summed E-state index contributed by atoms with van der Waals surface area (Å²) in [6, 6.07) is 0. The average Bonchev–Trinajstić information content (AvgIpc) is 2.53. The van der Waals surface area contributed by atoms with Gasteiger partial charge < -0.3 is 19.7 Å². The molecule has 122 valence electrons. The number of ether oxygens (including phenoxy) is 2. The summed E-state index contributed by atoms with van der Waals surface area (Å²) in [4.78, 5) is 0. The lowest BCUT2D eigenvalue weighted by Gasteiger charge is -2.15. The highest BCUT2D eigenvalue weighted by atomic mass is 16.7. The molecular formula is C16H34O4. The standard InChI is InChI=1S/C16H34O4/c1-3-15(17)16(18)12-10-8-6-4-5-7-9-11-13-20-14-19-2/h15-18H,3-14H2,1-2H3/t15-,16+/m0/s1/i1D3,3D2. The summed E-state index contributed by atoms with van der Waals surface area (Å²) < 4.78 is 46.2. The van der Waals surface area contributed by atoms with Crippen molar-refractivity contribution in [2.24, 2.45) is 0 Å². The molecule has 0 aliphatic carbocycles. The average molecular weight is 295 g/mol. The molecule has 0 amide bonds. The van der Waals surface area contributed by atoms with Crippen molar-refractivity contribution < 1.29 is 26.5 Å². The van der Waals surface area contributed by atoms with E-state index in [4.69, 9.17) is 16.3 Å². The maximum Gasteiger partial charge on any atom is 0.146 e. The third kappa shape index (κ3) is 12.9. The van der Waals surface area contributed by atoms with E-state index >= 15 is 0 Å². The molecule has 0 spiro atoms. The predicted molar refractivity (Wildman–Crippen MR) is 81.7 cm³/mol. The van der Waals surface area contributed by atoms with Gasteiger partial charge in [-0.05, 0) is 19.2 Å². The Hall–Kier alpha value is -0.160. The topological polar surface area (TPSA) is 58.9 Å². The van der Waals surface area contributed by atoms with E-state index in [0.29, 0.717) is 13.2 Å². The van der Waals surface area contributed by atoms with E-state index in [9.17, 15) is 10.2 Å².